The molecule has 1 N–H and O–H groups in total. The molecule has 1 aliphatic heterocycles. The van der Waals surface area contributed by atoms with E-state index in [9.17, 15) is 0 Å². The second-order valence-electron chi connectivity index (χ2n) is 6.17. The summed E-state index contributed by atoms with van der Waals surface area (Å²) in [5.74, 6) is 0. The molecule has 0 amide bonds. The topological polar surface area (TPSA) is 15.3 Å². The van der Waals surface area contributed by atoms with Crippen LogP contribution in [-0.2, 0) is 0 Å². The molecular weight excluding hydrogens is 196 g/mol. The molecule has 0 spiro atoms. The summed E-state index contributed by atoms with van der Waals surface area (Å²) in [5, 5.41) is 3.40. The molecule has 2 heteroatoms. The highest BCUT2D eigenvalue weighted by Crippen LogP contribution is 2.25. The average Bonchev–Trinajstić information content (AvgIpc) is 2.43. The summed E-state index contributed by atoms with van der Waals surface area (Å²) in [5.41, 5.74) is 0.355. The Morgan fingerprint density at radius 1 is 1.31 bits per heavy atom. The Bertz CT molecular complexity index is 201. The van der Waals surface area contributed by atoms with Crippen LogP contribution in [0.25, 0.3) is 0 Å². The third-order valence-corrected chi connectivity index (χ3v) is 4.41. The van der Waals surface area contributed by atoms with Crippen LogP contribution in [0.5, 0.6) is 0 Å². The number of hydrogen-bond donors (Lipinski definition) is 1. The van der Waals surface area contributed by atoms with Gasteiger partial charge in [-0.2, -0.15) is 0 Å². The van der Waals surface area contributed by atoms with E-state index in [0.29, 0.717) is 11.5 Å². The van der Waals surface area contributed by atoms with Crippen molar-refractivity contribution in [3.63, 3.8) is 0 Å². The standard InChI is InChI=1S/C14H30N2/c1-12-9-7-6-8-10-16(12)11-14(3,4)13(2)15-5/h12-13,15H,6-11H2,1-5H3. The van der Waals surface area contributed by atoms with Crippen molar-refractivity contribution in [2.75, 3.05) is 20.1 Å². The van der Waals surface area contributed by atoms with Crippen molar-refractivity contribution in [3.05, 3.63) is 0 Å². The molecule has 0 aliphatic carbocycles. The quantitative estimate of drug-likeness (QED) is 0.793. The Balaban J connectivity index is 2.56. The highest BCUT2D eigenvalue weighted by molar-refractivity contribution is 4.85. The molecule has 1 saturated heterocycles. The van der Waals surface area contributed by atoms with E-state index in [4.69, 9.17) is 0 Å². The monoisotopic (exact) mass is 226 g/mol. The van der Waals surface area contributed by atoms with Crippen LogP contribution in [-0.4, -0.2) is 37.1 Å². The molecule has 0 bridgehead atoms. The highest BCUT2D eigenvalue weighted by atomic mass is 15.2. The van der Waals surface area contributed by atoms with Crippen molar-refractivity contribution < 1.29 is 0 Å². The molecule has 16 heavy (non-hydrogen) atoms. The van der Waals surface area contributed by atoms with Crippen molar-refractivity contribution >= 4 is 0 Å². The van der Waals surface area contributed by atoms with Gasteiger partial charge in [0.1, 0.15) is 0 Å². The van der Waals surface area contributed by atoms with Crippen molar-refractivity contribution in [2.24, 2.45) is 5.41 Å². The Morgan fingerprint density at radius 3 is 2.62 bits per heavy atom. The van der Waals surface area contributed by atoms with E-state index < -0.39 is 0 Å². The second-order valence-corrected chi connectivity index (χ2v) is 6.17. The summed E-state index contributed by atoms with van der Waals surface area (Å²) in [7, 11) is 2.07. The van der Waals surface area contributed by atoms with Gasteiger partial charge in [0.05, 0.1) is 0 Å². The second kappa shape index (κ2) is 6.02. The van der Waals surface area contributed by atoms with Gasteiger partial charge in [-0.25, -0.2) is 0 Å². The number of nitrogens with one attached hydrogen (secondary N) is 1. The van der Waals surface area contributed by atoms with Gasteiger partial charge in [-0.05, 0) is 45.7 Å². The zero-order chi connectivity index (χ0) is 12.2. The van der Waals surface area contributed by atoms with Crippen LogP contribution in [0.3, 0.4) is 0 Å². The summed E-state index contributed by atoms with van der Waals surface area (Å²) in [6.45, 7) is 12.0. The largest absolute Gasteiger partial charge is 0.317 e. The molecule has 1 fully saturated rings. The molecule has 2 unspecified atom stereocenters. The average molecular weight is 226 g/mol. The first kappa shape index (κ1) is 14.0. The van der Waals surface area contributed by atoms with Gasteiger partial charge in [0.2, 0.25) is 0 Å². The fourth-order valence-corrected chi connectivity index (χ4v) is 2.62. The molecule has 0 aromatic carbocycles. The first-order valence-electron chi connectivity index (χ1n) is 6.88. The normalized spacial score (nSPS) is 26.4. The van der Waals surface area contributed by atoms with Crippen LogP contribution in [0.2, 0.25) is 0 Å². The zero-order valence-electron chi connectivity index (χ0n) is 11.8. The van der Waals surface area contributed by atoms with E-state index >= 15 is 0 Å². The van der Waals surface area contributed by atoms with Crippen LogP contribution >= 0.6 is 0 Å². The van der Waals surface area contributed by atoms with Gasteiger partial charge in [-0.1, -0.05) is 26.7 Å². The van der Waals surface area contributed by atoms with Gasteiger partial charge in [-0.15, -0.1) is 0 Å². The predicted octanol–water partition coefficient (Wildman–Crippen LogP) is 2.89. The van der Waals surface area contributed by atoms with Crippen molar-refractivity contribution in [3.8, 4) is 0 Å². The number of nitrogens with zero attached hydrogens (tertiary/aromatic N) is 1. The molecule has 96 valence electrons. The van der Waals surface area contributed by atoms with Crippen LogP contribution in [0.4, 0.5) is 0 Å². The van der Waals surface area contributed by atoms with E-state index in [1.54, 1.807) is 0 Å². The Labute approximate surface area is 102 Å². The van der Waals surface area contributed by atoms with Crippen molar-refractivity contribution in [2.45, 2.75) is 65.5 Å². The summed E-state index contributed by atoms with van der Waals surface area (Å²) in [4.78, 5) is 2.70. The molecule has 0 aromatic rings. The van der Waals surface area contributed by atoms with Gasteiger partial charge in [0.15, 0.2) is 0 Å². The van der Waals surface area contributed by atoms with Gasteiger partial charge in [0, 0.05) is 18.6 Å². The molecular formula is C14H30N2. The van der Waals surface area contributed by atoms with Gasteiger partial charge in [-0.3, -0.25) is 0 Å². The van der Waals surface area contributed by atoms with E-state index in [2.05, 4.69) is 45.0 Å². The molecule has 0 radical (unpaired) electrons. The fourth-order valence-electron chi connectivity index (χ4n) is 2.62. The van der Waals surface area contributed by atoms with Gasteiger partial charge < -0.3 is 10.2 Å². The third kappa shape index (κ3) is 3.74. The third-order valence-electron chi connectivity index (χ3n) is 4.41. The Kier molecular flexibility index (Phi) is 5.26. The van der Waals surface area contributed by atoms with Crippen LogP contribution in [0.15, 0.2) is 0 Å². The number of likely N-dealkylation sites (tertiary alicyclic amines) is 1. The van der Waals surface area contributed by atoms with Gasteiger partial charge >= 0.3 is 0 Å². The molecule has 1 heterocycles. The van der Waals surface area contributed by atoms with Crippen LogP contribution in [0.1, 0.15) is 53.4 Å². The van der Waals surface area contributed by atoms with Crippen molar-refractivity contribution in [1.29, 1.82) is 0 Å². The van der Waals surface area contributed by atoms with Gasteiger partial charge in [0.25, 0.3) is 0 Å². The Morgan fingerprint density at radius 2 is 2.00 bits per heavy atom. The lowest BCUT2D eigenvalue weighted by Gasteiger charge is -2.39. The van der Waals surface area contributed by atoms with Crippen LogP contribution < -0.4 is 5.32 Å². The first-order chi connectivity index (χ1) is 7.47. The van der Waals surface area contributed by atoms with Crippen molar-refractivity contribution in [1.82, 2.24) is 10.2 Å². The number of rotatable bonds is 4. The van der Waals surface area contributed by atoms with Crippen LogP contribution in [0, 0.1) is 5.41 Å². The maximum atomic E-state index is 3.40. The summed E-state index contributed by atoms with van der Waals surface area (Å²) < 4.78 is 0. The maximum absolute atomic E-state index is 3.40. The Hall–Kier alpha value is -0.0800. The van der Waals surface area contributed by atoms with E-state index in [-0.39, 0.29) is 0 Å². The fraction of sp³-hybridized carbons (Fsp3) is 1.00. The predicted molar refractivity (Wildman–Crippen MR) is 71.8 cm³/mol. The van der Waals surface area contributed by atoms with E-state index in [0.717, 1.165) is 6.04 Å². The lowest BCUT2D eigenvalue weighted by Crippen LogP contribution is -2.48. The smallest absolute Gasteiger partial charge is 0.00991 e. The minimum Gasteiger partial charge on any atom is -0.317 e. The molecule has 2 nitrogen and oxygen atoms in total. The van der Waals surface area contributed by atoms with E-state index in [1.165, 1.54) is 38.8 Å². The lowest BCUT2D eigenvalue weighted by atomic mass is 9.84. The summed E-state index contributed by atoms with van der Waals surface area (Å²) in [6.07, 6.45) is 5.60. The first-order valence-corrected chi connectivity index (χ1v) is 6.88. The molecule has 0 saturated carbocycles. The minimum absolute atomic E-state index is 0.355. The highest BCUT2D eigenvalue weighted by Gasteiger charge is 2.29. The number of hydrogen-bond acceptors (Lipinski definition) is 2. The summed E-state index contributed by atoms with van der Waals surface area (Å²) >= 11 is 0. The maximum Gasteiger partial charge on any atom is 0.00991 e. The molecule has 2 atom stereocenters. The summed E-state index contributed by atoms with van der Waals surface area (Å²) in [6, 6.07) is 1.34. The lowest BCUT2D eigenvalue weighted by molar-refractivity contribution is 0.116. The molecule has 0 aromatic heterocycles. The molecule has 1 rings (SSSR count). The van der Waals surface area contributed by atoms with E-state index in [1.807, 2.05) is 0 Å². The minimum atomic E-state index is 0.355. The zero-order valence-corrected chi connectivity index (χ0v) is 11.8. The SMILES string of the molecule is CNC(C)C(C)(C)CN1CCCCCC1C. The molecule has 1 aliphatic rings.